The van der Waals surface area contributed by atoms with Gasteiger partial charge in [0.1, 0.15) is 12.1 Å². The second kappa shape index (κ2) is 7.31. The Kier molecular flexibility index (Phi) is 4.35. The number of anilines is 1. The number of aromatic carboxylic acids is 1. The van der Waals surface area contributed by atoms with E-state index in [0.717, 1.165) is 38.2 Å². The lowest BCUT2D eigenvalue weighted by molar-refractivity contribution is -0.254. The van der Waals surface area contributed by atoms with Crippen LogP contribution in [-0.2, 0) is 11.2 Å². The molecule has 3 amide bonds. The molecule has 4 aromatic rings. The van der Waals surface area contributed by atoms with E-state index in [1.54, 1.807) is 17.0 Å². The second-order valence-electron chi connectivity index (χ2n) is 8.76. The monoisotopic (exact) mass is 450 g/mol. The summed E-state index contributed by atoms with van der Waals surface area (Å²) >= 11 is 0. The van der Waals surface area contributed by atoms with Crippen molar-refractivity contribution in [2.75, 3.05) is 4.90 Å². The van der Waals surface area contributed by atoms with Crippen LogP contribution in [0.25, 0.3) is 10.9 Å². The molecule has 3 aromatic carbocycles. The molecule has 0 spiro atoms. The van der Waals surface area contributed by atoms with E-state index in [2.05, 4.69) is 4.98 Å². The number of nitrogens with zero attached hydrogens (tertiary/aromatic N) is 2. The first-order valence-electron chi connectivity index (χ1n) is 11.1. The lowest BCUT2D eigenvalue weighted by atomic mass is 9.88. The van der Waals surface area contributed by atoms with Crippen LogP contribution in [0.15, 0.2) is 72.8 Å². The molecule has 1 aromatic heterocycles. The minimum atomic E-state index is -1.44. The van der Waals surface area contributed by atoms with E-state index in [0.29, 0.717) is 6.42 Å². The number of urea groups is 1. The molecule has 34 heavy (non-hydrogen) atoms. The molecular weight excluding hydrogens is 430 g/mol. The molecule has 3 heterocycles. The van der Waals surface area contributed by atoms with Gasteiger partial charge in [-0.15, -0.1) is 0 Å². The van der Waals surface area contributed by atoms with Crippen molar-refractivity contribution < 1.29 is 19.5 Å². The Balaban J connectivity index is 1.55. The van der Waals surface area contributed by atoms with E-state index in [-0.39, 0.29) is 11.3 Å². The van der Waals surface area contributed by atoms with Gasteiger partial charge in [-0.25, -0.2) is 9.69 Å². The molecule has 6 rings (SSSR count). The van der Waals surface area contributed by atoms with E-state index in [9.17, 15) is 19.5 Å². The molecule has 0 radical (unpaired) electrons. The summed E-state index contributed by atoms with van der Waals surface area (Å²) in [7, 11) is 0. The number of rotatable bonds is 3. The zero-order valence-electron chi connectivity index (χ0n) is 18.3. The maximum absolute atomic E-state index is 13.8. The predicted molar refractivity (Wildman–Crippen MR) is 124 cm³/mol. The smallest absolute Gasteiger partial charge is 0.332 e. The molecule has 7 nitrogen and oxygen atoms in total. The topological polar surface area (TPSA) is 96.5 Å². The number of aromatic nitrogens is 1. The van der Waals surface area contributed by atoms with E-state index in [1.165, 1.54) is 12.1 Å². The highest BCUT2D eigenvalue weighted by atomic mass is 16.4. The van der Waals surface area contributed by atoms with Crippen LogP contribution in [0.5, 0.6) is 0 Å². The molecular formula is C27H20N3O4-. The van der Waals surface area contributed by atoms with E-state index in [1.807, 2.05) is 55.5 Å². The minimum Gasteiger partial charge on any atom is -0.545 e. The van der Waals surface area contributed by atoms with Gasteiger partial charge in [0.05, 0.1) is 11.7 Å². The van der Waals surface area contributed by atoms with E-state index >= 15 is 0 Å². The number of aromatic amines is 1. The number of H-pyrrole nitrogens is 1. The van der Waals surface area contributed by atoms with Crippen molar-refractivity contribution in [1.29, 1.82) is 0 Å². The molecule has 168 valence electrons. The summed E-state index contributed by atoms with van der Waals surface area (Å²) in [6.45, 7) is 1.99. The van der Waals surface area contributed by atoms with E-state index < -0.39 is 30.0 Å². The summed E-state index contributed by atoms with van der Waals surface area (Å²) in [5.74, 6) is -1.88. The van der Waals surface area contributed by atoms with Gasteiger partial charge < -0.3 is 14.9 Å². The van der Waals surface area contributed by atoms with Crippen LogP contribution in [0.4, 0.5) is 10.5 Å². The first-order chi connectivity index (χ1) is 16.5. The summed E-state index contributed by atoms with van der Waals surface area (Å²) in [5.41, 5.74) is 4.62. The SMILES string of the molecule is Cc1ccc([C@H]2c3[nH]c4ccccc4c3C[C@H]3C(=O)N(c4ccccc4C(=O)[O-])C(=O)N23)cc1. The third-order valence-corrected chi connectivity index (χ3v) is 6.81. The standard InChI is InChI=1S/C27H21N3O4/c1-15-10-12-16(13-11-15)24-23-19(17-6-2-4-8-20(17)28-23)14-22-25(31)30(27(34)29(22)24)21-9-5-3-7-18(21)26(32)33/h2-13,22,24,28H,14H2,1H3,(H,32,33)/p-1/t22-,24-/m0/s1. The molecule has 7 heteroatoms. The summed E-state index contributed by atoms with van der Waals surface area (Å²) in [5, 5.41) is 12.7. The zero-order chi connectivity index (χ0) is 23.6. The third-order valence-electron chi connectivity index (χ3n) is 6.81. The van der Waals surface area contributed by atoms with Crippen LogP contribution in [0, 0.1) is 6.92 Å². The number of imide groups is 1. The number of amides is 3. The summed E-state index contributed by atoms with van der Waals surface area (Å²) in [4.78, 5) is 45.3. The van der Waals surface area contributed by atoms with Crippen molar-refractivity contribution in [1.82, 2.24) is 9.88 Å². The van der Waals surface area contributed by atoms with Gasteiger partial charge in [-0.3, -0.25) is 9.69 Å². The maximum Gasteiger partial charge on any atom is 0.332 e. The van der Waals surface area contributed by atoms with Gasteiger partial charge in [-0.2, -0.15) is 0 Å². The molecule has 1 fully saturated rings. The van der Waals surface area contributed by atoms with Gasteiger partial charge in [0.2, 0.25) is 0 Å². The molecule has 1 saturated heterocycles. The van der Waals surface area contributed by atoms with Crippen LogP contribution in [0.1, 0.15) is 38.8 Å². The van der Waals surface area contributed by atoms with Crippen molar-refractivity contribution in [3.05, 3.63) is 101 Å². The Hall–Kier alpha value is -4.39. The lowest BCUT2D eigenvalue weighted by Crippen LogP contribution is -2.44. The fourth-order valence-corrected chi connectivity index (χ4v) is 5.23. The average molecular weight is 450 g/mol. The number of aryl methyl sites for hydroxylation is 1. The van der Waals surface area contributed by atoms with Gasteiger partial charge >= 0.3 is 6.03 Å². The fourth-order valence-electron chi connectivity index (χ4n) is 5.23. The number of benzene rings is 3. The average Bonchev–Trinajstić information content (AvgIpc) is 3.33. The Bertz CT molecular complexity index is 1490. The second-order valence-corrected chi connectivity index (χ2v) is 8.76. The quantitative estimate of drug-likeness (QED) is 0.484. The normalized spacial score (nSPS) is 19.4. The maximum atomic E-state index is 13.8. The van der Waals surface area contributed by atoms with Gasteiger partial charge in [0.15, 0.2) is 0 Å². The number of carbonyl (C=O) groups is 3. The van der Waals surface area contributed by atoms with Crippen molar-refractivity contribution >= 4 is 34.5 Å². The van der Waals surface area contributed by atoms with E-state index in [4.69, 9.17) is 0 Å². The van der Waals surface area contributed by atoms with Gasteiger partial charge in [-0.1, -0.05) is 66.2 Å². The highest BCUT2D eigenvalue weighted by Gasteiger charge is 2.53. The van der Waals surface area contributed by atoms with Crippen LogP contribution < -0.4 is 10.0 Å². The van der Waals surface area contributed by atoms with Gasteiger partial charge in [0, 0.05) is 28.6 Å². The molecule has 2 atom stereocenters. The van der Waals surface area contributed by atoms with Crippen LogP contribution >= 0.6 is 0 Å². The number of hydrogen-bond acceptors (Lipinski definition) is 4. The fraction of sp³-hybridized carbons (Fsp3) is 0.148. The van der Waals surface area contributed by atoms with Crippen LogP contribution in [0.3, 0.4) is 0 Å². The molecule has 0 saturated carbocycles. The van der Waals surface area contributed by atoms with Crippen molar-refractivity contribution in [3.63, 3.8) is 0 Å². The highest BCUT2D eigenvalue weighted by molar-refractivity contribution is 6.23. The van der Waals surface area contributed by atoms with Crippen molar-refractivity contribution in [3.8, 4) is 0 Å². The molecule has 0 aliphatic carbocycles. The van der Waals surface area contributed by atoms with Gasteiger partial charge in [0.25, 0.3) is 5.91 Å². The number of carboxylic acids is 1. The minimum absolute atomic E-state index is 0.0306. The van der Waals surface area contributed by atoms with Gasteiger partial charge in [-0.05, 0) is 30.2 Å². The number of carbonyl (C=O) groups excluding carboxylic acids is 3. The molecule has 0 unspecified atom stereocenters. The number of carboxylic acid groups (broad SMARTS) is 1. The van der Waals surface area contributed by atoms with Crippen LogP contribution in [-0.4, -0.2) is 33.8 Å². The number of para-hydroxylation sites is 2. The Labute approximate surface area is 195 Å². The molecule has 2 aliphatic heterocycles. The van der Waals surface area contributed by atoms with Crippen LogP contribution in [0.2, 0.25) is 0 Å². The summed E-state index contributed by atoms with van der Waals surface area (Å²) in [6.07, 6.45) is 0.344. The molecule has 0 bridgehead atoms. The predicted octanol–water partition coefficient (Wildman–Crippen LogP) is 3.32. The first-order valence-corrected chi connectivity index (χ1v) is 11.1. The number of hydrogen-bond donors (Lipinski definition) is 1. The Morgan fingerprint density at radius 2 is 1.68 bits per heavy atom. The third kappa shape index (κ3) is 2.80. The largest absolute Gasteiger partial charge is 0.545 e. The highest BCUT2D eigenvalue weighted by Crippen LogP contribution is 2.45. The first kappa shape index (κ1) is 20.2. The zero-order valence-corrected chi connectivity index (χ0v) is 18.3. The molecule has 1 N–H and O–H groups in total. The Morgan fingerprint density at radius 1 is 0.971 bits per heavy atom. The molecule has 2 aliphatic rings. The van der Waals surface area contributed by atoms with Crippen molar-refractivity contribution in [2.45, 2.75) is 25.4 Å². The number of nitrogens with one attached hydrogen (secondary N) is 1. The lowest BCUT2D eigenvalue weighted by Gasteiger charge is -2.36. The summed E-state index contributed by atoms with van der Waals surface area (Å²) in [6, 6.07) is 19.9. The summed E-state index contributed by atoms with van der Waals surface area (Å²) < 4.78 is 0. The van der Waals surface area contributed by atoms with Crippen molar-refractivity contribution in [2.24, 2.45) is 0 Å². The number of fused-ring (bicyclic) bond motifs is 4. The Morgan fingerprint density at radius 3 is 2.44 bits per heavy atom.